The molecule has 2 heterocycles. The highest BCUT2D eigenvalue weighted by Gasteiger charge is 2.32. The maximum Gasteiger partial charge on any atom is 0.410 e. The molecule has 0 saturated carbocycles. The molecule has 1 aliphatic heterocycles. The summed E-state index contributed by atoms with van der Waals surface area (Å²) in [6.45, 7) is 6.27. The van der Waals surface area contributed by atoms with E-state index < -0.39 is 11.6 Å². The fraction of sp³-hybridized carbons (Fsp3) is 0.643. The summed E-state index contributed by atoms with van der Waals surface area (Å²) >= 11 is 0. The lowest BCUT2D eigenvalue weighted by Crippen LogP contribution is -2.42. The quantitative estimate of drug-likeness (QED) is 0.908. The molecule has 22 heavy (non-hydrogen) atoms. The molecule has 0 aliphatic carbocycles. The highest BCUT2D eigenvalue weighted by atomic mass is 16.6. The van der Waals surface area contributed by atoms with E-state index in [9.17, 15) is 9.59 Å². The summed E-state index contributed by atoms with van der Waals surface area (Å²) in [5.41, 5.74) is -0.548. The topological polar surface area (TPSA) is 102 Å². The van der Waals surface area contributed by atoms with E-state index in [-0.39, 0.29) is 30.4 Å². The van der Waals surface area contributed by atoms with Crippen LogP contribution in [-0.4, -0.2) is 52.0 Å². The standard InChI is InChI=1S/C14H20N2O6/c1-14(2,3)21-13(19)16-6-4-5-9(16)8-20-11-7-10(12(17)18)22-15-11/h7,9H,4-6,8H2,1-3H3,(H,17,18). The maximum atomic E-state index is 12.1. The number of carboxylic acids is 1. The Morgan fingerprint density at radius 1 is 1.50 bits per heavy atom. The van der Waals surface area contributed by atoms with Crippen molar-refractivity contribution in [2.45, 2.75) is 45.3 Å². The number of carboxylic acid groups (broad SMARTS) is 1. The SMILES string of the molecule is CC(C)(C)OC(=O)N1CCCC1COc1cc(C(=O)O)on1. The Kier molecular flexibility index (Phi) is 4.58. The van der Waals surface area contributed by atoms with Gasteiger partial charge in [0.15, 0.2) is 0 Å². The Bertz CT molecular complexity index is 548. The van der Waals surface area contributed by atoms with E-state index >= 15 is 0 Å². The molecule has 1 amide bonds. The lowest BCUT2D eigenvalue weighted by atomic mass is 10.2. The fourth-order valence-corrected chi connectivity index (χ4v) is 2.18. The van der Waals surface area contributed by atoms with Gasteiger partial charge >= 0.3 is 12.1 Å². The molecule has 0 bridgehead atoms. The Morgan fingerprint density at radius 3 is 2.82 bits per heavy atom. The van der Waals surface area contributed by atoms with Gasteiger partial charge in [-0.25, -0.2) is 9.59 Å². The molecule has 2 rings (SSSR count). The zero-order valence-corrected chi connectivity index (χ0v) is 12.9. The van der Waals surface area contributed by atoms with Crippen LogP contribution < -0.4 is 4.74 Å². The van der Waals surface area contributed by atoms with E-state index in [1.807, 2.05) is 20.8 Å². The van der Waals surface area contributed by atoms with Gasteiger partial charge in [0.05, 0.1) is 12.1 Å². The number of carbonyl (C=O) groups excluding carboxylic acids is 1. The van der Waals surface area contributed by atoms with Crippen molar-refractivity contribution in [3.8, 4) is 5.88 Å². The lowest BCUT2D eigenvalue weighted by Gasteiger charge is -2.28. The molecule has 0 radical (unpaired) electrons. The number of hydrogen-bond acceptors (Lipinski definition) is 6. The molecule has 122 valence electrons. The lowest BCUT2D eigenvalue weighted by molar-refractivity contribution is 0.0184. The van der Waals surface area contributed by atoms with Crippen molar-refractivity contribution >= 4 is 12.1 Å². The van der Waals surface area contributed by atoms with Gasteiger partial charge in [-0.1, -0.05) is 0 Å². The smallest absolute Gasteiger partial charge is 0.410 e. The second-order valence-corrected chi connectivity index (χ2v) is 6.12. The normalized spacial score (nSPS) is 18.3. The van der Waals surface area contributed by atoms with Gasteiger partial charge < -0.3 is 24.0 Å². The second kappa shape index (κ2) is 6.25. The minimum Gasteiger partial charge on any atom is -0.475 e. The number of nitrogens with zero attached hydrogens (tertiary/aromatic N) is 2. The third kappa shape index (κ3) is 4.12. The molecule has 1 unspecified atom stereocenters. The summed E-state index contributed by atoms with van der Waals surface area (Å²) in [6, 6.07) is 1.08. The molecule has 1 saturated heterocycles. The highest BCUT2D eigenvalue weighted by molar-refractivity contribution is 5.84. The Balaban J connectivity index is 1.90. The van der Waals surface area contributed by atoms with E-state index in [0.717, 1.165) is 12.8 Å². The van der Waals surface area contributed by atoms with Crippen LogP contribution in [0.25, 0.3) is 0 Å². The summed E-state index contributed by atoms with van der Waals surface area (Å²) < 4.78 is 15.4. The van der Waals surface area contributed by atoms with Gasteiger partial charge in [0.25, 0.3) is 5.88 Å². The van der Waals surface area contributed by atoms with Crippen molar-refractivity contribution < 1.29 is 28.7 Å². The molecular formula is C14H20N2O6. The van der Waals surface area contributed by atoms with Gasteiger partial charge in [-0.05, 0) is 38.8 Å². The van der Waals surface area contributed by atoms with Crippen molar-refractivity contribution in [2.75, 3.05) is 13.2 Å². The minimum atomic E-state index is -1.21. The van der Waals surface area contributed by atoms with Crippen molar-refractivity contribution in [1.82, 2.24) is 10.1 Å². The van der Waals surface area contributed by atoms with Gasteiger partial charge in [-0.15, -0.1) is 0 Å². The molecule has 1 N–H and O–H groups in total. The average molecular weight is 312 g/mol. The average Bonchev–Trinajstić information content (AvgIpc) is 3.03. The first-order valence-electron chi connectivity index (χ1n) is 7.09. The Labute approximate surface area is 128 Å². The molecule has 1 fully saturated rings. The van der Waals surface area contributed by atoms with E-state index in [0.29, 0.717) is 6.54 Å². The number of ether oxygens (including phenoxy) is 2. The highest BCUT2D eigenvalue weighted by Crippen LogP contribution is 2.22. The summed E-state index contributed by atoms with van der Waals surface area (Å²) in [4.78, 5) is 24.4. The molecule has 8 nitrogen and oxygen atoms in total. The van der Waals surface area contributed by atoms with Gasteiger partial charge in [0.1, 0.15) is 12.2 Å². The molecule has 0 spiro atoms. The van der Waals surface area contributed by atoms with Gasteiger partial charge in [-0.3, -0.25) is 0 Å². The van der Waals surface area contributed by atoms with E-state index in [1.54, 1.807) is 4.90 Å². The monoisotopic (exact) mass is 312 g/mol. The van der Waals surface area contributed by atoms with Crippen LogP contribution in [0.5, 0.6) is 5.88 Å². The molecular weight excluding hydrogens is 292 g/mol. The number of rotatable bonds is 4. The Hall–Kier alpha value is -2.25. The van der Waals surface area contributed by atoms with Crippen LogP contribution in [0.1, 0.15) is 44.2 Å². The van der Waals surface area contributed by atoms with Crippen LogP contribution in [0.3, 0.4) is 0 Å². The summed E-state index contributed by atoms with van der Waals surface area (Å²) in [6.07, 6.45) is 1.29. The second-order valence-electron chi connectivity index (χ2n) is 6.12. The number of hydrogen-bond donors (Lipinski definition) is 1. The predicted molar refractivity (Wildman–Crippen MR) is 74.9 cm³/mol. The van der Waals surface area contributed by atoms with Crippen LogP contribution >= 0.6 is 0 Å². The molecule has 1 aliphatic rings. The Morgan fingerprint density at radius 2 is 2.23 bits per heavy atom. The third-order valence-corrected chi connectivity index (χ3v) is 3.13. The molecule has 8 heteroatoms. The van der Waals surface area contributed by atoms with Crippen molar-refractivity contribution in [3.63, 3.8) is 0 Å². The first kappa shape index (κ1) is 16.1. The minimum absolute atomic E-state index is 0.0911. The largest absolute Gasteiger partial charge is 0.475 e. The maximum absolute atomic E-state index is 12.1. The number of amides is 1. The van der Waals surface area contributed by atoms with Crippen LogP contribution in [-0.2, 0) is 4.74 Å². The van der Waals surface area contributed by atoms with E-state index in [4.69, 9.17) is 14.6 Å². The molecule has 0 aromatic carbocycles. The zero-order chi connectivity index (χ0) is 16.3. The van der Waals surface area contributed by atoms with Crippen LogP contribution in [0.15, 0.2) is 10.6 Å². The van der Waals surface area contributed by atoms with Crippen molar-refractivity contribution in [1.29, 1.82) is 0 Å². The van der Waals surface area contributed by atoms with E-state index in [2.05, 4.69) is 9.68 Å². The van der Waals surface area contributed by atoms with Gasteiger partial charge in [0.2, 0.25) is 5.76 Å². The number of likely N-dealkylation sites (tertiary alicyclic amines) is 1. The molecule has 1 aromatic heterocycles. The first-order valence-corrected chi connectivity index (χ1v) is 7.09. The summed E-state index contributed by atoms with van der Waals surface area (Å²) in [7, 11) is 0. The zero-order valence-electron chi connectivity index (χ0n) is 12.9. The van der Waals surface area contributed by atoms with E-state index in [1.165, 1.54) is 6.07 Å². The number of aromatic nitrogens is 1. The van der Waals surface area contributed by atoms with Crippen LogP contribution in [0.2, 0.25) is 0 Å². The first-order chi connectivity index (χ1) is 10.3. The number of aromatic carboxylic acids is 1. The molecule has 1 aromatic rings. The molecule has 1 atom stereocenters. The fourth-order valence-electron chi connectivity index (χ4n) is 2.18. The van der Waals surface area contributed by atoms with Gasteiger partial charge in [0, 0.05) is 6.54 Å². The summed E-state index contributed by atoms with van der Waals surface area (Å²) in [5.74, 6) is -1.41. The summed E-state index contributed by atoms with van der Waals surface area (Å²) in [5, 5.41) is 12.3. The van der Waals surface area contributed by atoms with Crippen LogP contribution in [0, 0.1) is 0 Å². The van der Waals surface area contributed by atoms with Gasteiger partial charge in [-0.2, -0.15) is 0 Å². The van der Waals surface area contributed by atoms with Crippen molar-refractivity contribution in [3.05, 3.63) is 11.8 Å². The number of carbonyl (C=O) groups is 2. The predicted octanol–water partition coefficient (Wildman–Crippen LogP) is 2.15. The third-order valence-electron chi connectivity index (χ3n) is 3.13. The van der Waals surface area contributed by atoms with Crippen LogP contribution in [0.4, 0.5) is 4.79 Å². The van der Waals surface area contributed by atoms with Crippen molar-refractivity contribution in [2.24, 2.45) is 0 Å².